The van der Waals surface area contributed by atoms with Crippen LogP contribution in [0.25, 0.3) is 0 Å². The van der Waals surface area contributed by atoms with Crippen LogP contribution in [0.2, 0.25) is 0 Å². The van der Waals surface area contributed by atoms with Crippen LogP contribution < -0.4 is 0 Å². The highest BCUT2D eigenvalue weighted by atomic mass is 32.2. The average Bonchev–Trinajstić information content (AvgIpc) is 2.46. The van der Waals surface area contributed by atoms with Crippen molar-refractivity contribution in [2.24, 2.45) is 5.92 Å². The monoisotopic (exact) mass is 276 g/mol. The van der Waals surface area contributed by atoms with E-state index in [-0.39, 0.29) is 0 Å². The van der Waals surface area contributed by atoms with E-state index in [9.17, 15) is 0 Å². The number of rotatable bonds is 4. The molecule has 0 atom stereocenters. The molecule has 1 fully saturated rings. The first-order valence-electron chi connectivity index (χ1n) is 6.63. The summed E-state index contributed by atoms with van der Waals surface area (Å²) in [5.74, 6) is 6.22. The van der Waals surface area contributed by atoms with E-state index in [1.165, 1.54) is 36.3 Å². The van der Waals surface area contributed by atoms with E-state index in [1.807, 2.05) is 0 Å². The summed E-state index contributed by atoms with van der Waals surface area (Å²) in [5, 5.41) is 0. The van der Waals surface area contributed by atoms with Gasteiger partial charge in [-0.3, -0.25) is 0 Å². The number of thioether (sulfide) groups is 2. The molecule has 1 aliphatic rings. The van der Waals surface area contributed by atoms with Crippen molar-refractivity contribution in [1.82, 2.24) is 0 Å². The Hall–Kier alpha value is -0.520. The van der Waals surface area contributed by atoms with Crippen LogP contribution in [0.5, 0.6) is 0 Å². The lowest BCUT2D eigenvalue weighted by Crippen LogP contribution is -2.14. The normalized spacial score (nSPS) is 23.6. The first-order valence-corrected chi connectivity index (χ1v) is 8.73. The van der Waals surface area contributed by atoms with Gasteiger partial charge in [-0.15, -0.1) is 29.9 Å². The van der Waals surface area contributed by atoms with Crippen molar-refractivity contribution in [3.63, 3.8) is 0 Å². The number of terminal acetylenes is 1. The maximum Gasteiger partial charge on any atom is 0.0751 e. The van der Waals surface area contributed by atoms with Crippen LogP contribution in [0.4, 0.5) is 0 Å². The molecule has 1 aromatic carbocycles. The highest BCUT2D eigenvalue weighted by molar-refractivity contribution is 8.16. The molecule has 0 unspecified atom stereocenters. The third kappa shape index (κ3) is 3.73. The van der Waals surface area contributed by atoms with Gasteiger partial charge >= 0.3 is 0 Å². The van der Waals surface area contributed by atoms with E-state index in [2.05, 4.69) is 60.6 Å². The molecule has 0 amide bonds. The van der Waals surface area contributed by atoms with Gasteiger partial charge in [0.25, 0.3) is 0 Å². The Morgan fingerprint density at radius 1 is 1.22 bits per heavy atom. The van der Waals surface area contributed by atoms with Gasteiger partial charge in [0.05, 0.1) is 4.58 Å². The minimum absolute atomic E-state index is 0.606. The third-order valence-electron chi connectivity index (χ3n) is 3.28. The minimum Gasteiger partial charge on any atom is -0.142 e. The summed E-state index contributed by atoms with van der Waals surface area (Å²) in [7, 11) is 0. The average molecular weight is 276 g/mol. The Morgan fingerprint density at radius 2 is 1.89 bits per heavy atom. The van der Waals surface area contributed by atoms with Gasteiger partial charge in [0.2, 0.25) is 0 Å². The topological polar surface area (TPSA) is 0 Å². The van der Waals surface area contributed by atoms with E-state index >= 15 is 0 Å². The minimum atomic E-state index is 0.606. The molecular formula is C16H20S2. The first kappa shape index (κ1) is 13.9. The summed E-state index contributed by atoms with van der Waals surface area (Å²) in [6.45, 7) is 2.28. The summed E-state index contributed by atoms with van der Waals surface area (Å²) < 4.78 is 0.606. The highest BCUT2D eigenvalue weighted by Crippen LogP contribution is 2.46. The number of hydrogen-bond donors (Lipinski definition) is 0. The lowest BCUT2D eigenvalue weighted by atomic mass is 10.1. The predicted molar refractivity (Wildman–Crippen MR) is 85.0 cm³/mol. The third-order valence-corrected chi connectivity index (χ3v) is 6.58. The van der Waals surface area contributed by atoms with Crippen LogP contribution in [0.15, 0.2) is 24.3 Å². The van der Waals surface area contributed by atoms with Gasteiger partial charge < -0.3 is 0 Å². The van der Waals surface area contributed by atoms with Crippen molar-refractivity contribution >= 4 is 23.5 Å². The van der Waals surface area contributed by atoms with Crippen LogP contribution in [-0.4, -0.2) is 11.5 Å². The molecule has 1 heterocycles. The molecule has 18 heavy (non-hydrogen) atoms. The van der Waals surface area contributed by atoms with E-state index in [1.54, 1.807) is 0 Å². The first-order chi connectivity index (χ1) is 8.83. The van der Waals surface area contributed by atoms with Crippen molar-refractivity contribution in [1.29, 1.82) is 0 Å². The zero-order chi connectivity index (χ0) is 12.8. The van der Waals surface area contributed by atoms with Crippen LogP contribution in [0.1, 0.15) is 41.9 Å². The van der Waals surface area contributed by atoms with Crippen molar-refractivity contribution < 1.29 is 0 Å². The van der Waals surface area contributed by atoms with Gasteiger partial charge in [-0.25, -0.2) is 0 Å². The second kappa shape index (κ2) is 7.16. The summed E-state index contributed by atoms with van der Waals surface area (Å²) in [6.07, 6.45) is 9.49. The van der Waals surface area contributed by atoms with Gasteiger partial charge in [0.15, 0.2) is 0 Å². The Bertz CT molecular complexity index is 394. The molecule has 1 aliphatic heterocycles. The van der Waals surface area contributed by atoms with Crippen LogP contribution in [0, 0.1) is 18.3 Å². The smallest absolute Gasteiger partial charge is 0.0751 e. The van der Waals surface area contributed by atoms with Crippen molar-refractivity contribution in [3.05, 3.63) is 35.4 Å². The molecule has 0 bridgehead atoms. The fraction of sp³-hybridized carbons (Fsp3) is 0.500. The number of unbranched alkanes of at least 4 members (excludes halogenated alkanes) is 1. The Kier molecular flexibility index (Phi) is 5.53. The van der Waals surface area contributed by atoms with E-state index in [0.717, 1.165) is 11.5 Å². The zero-order valence-corrected chi connectivity index (χ0v) is 12.5. The molecule has 0 nitrogen and oxygen atoms in total. The van der Waals surface area contributed by atoms with Crippen molar-refractivity contribution in [2.45, 2.75) is 30.8 Å². The maximum atomic E-state index is 5.38. The molecule has 1 aromatic rings. The molecule has 0 N–H and O–H groups in total. The van der Waals surface area contributed by atoms with Gasteiger partial charge in [-0.05, 0) is 41.5 Å². The summed E-state index contributed by atoms with van der Waals surface area (Å²) in [5.41, 5.74) is 2.39. The molecule has 1 saturated heterocycles. The molecule has 0 saturated carbocycles. The largest absolute Gasteiger partial charge is 0.142 e. The molecule has 2 heteroatoms. The second-order valence-electron chi connectivity index (χ2n) is 4.77. The molecule has 0 radical (unpaired) electrons. The van der Waals surface area contributed by atoms with Gasteiger partial charge in [-0.2, -0.15) is 0 Å². The predicted octanol–water partition coefficient (Wildman–Crippen LogP) is 4.95. The van der Waals surface area contributed by atoms with Gasteiger partial charge in [0, 0.05) is 5.56 Å². The van der Waals surface area contributed by atoms with Crippen LogP contribution in [-0.2, 0) is 0 Å². The maximum absolute atomic E-state index is 5.38. The van der Waals surface area contributed by atoms with Crippen LogP contribution >= 0.6 is 23.5 Å². The molecule has 96 valence electrons. The quantitative estimate of drug-likeness (QED) is 0.713. The molecular weight excluding hydrogens is 256 g/mol. The fourth-order valence-corrected chi connectivity index (χ4v) is 5.30. The summed E-state index contributed by atoms with van der Waals surface area (Å²) in [4.78, 5) is 0. The Balaban J connectivity index is 1.87. The SMILES string of the molecule is C#Cc1ccc(C2SCC(CCCC)CS2)cc1. The lowest BCUT2D eigenvalue weighted by molar-refractivity contribution is 0.562. The van der Waals surface area contributed by atoms with E-state index in [4.69, 9.17) is 6.42 Å². The van der Waals surface area contributed by atoms with Crippen molar-refractivity contribution in [3.8, 4) is 12.3 Å². The van der Waals surface area contributed by atoms with Gasteiger partial charge in [-0.1, -0.05) is 37.8 Å². The highest BCUT2D eigenvalue weighted by Gasteiger charge is 2.22. The fourth-order valence-electron chi connectivity index (χ4n) is 2.13. The summed E-state index contributed by atoms with van der Waals surface area (Å²) in [6, 6.07) is 8.48. The lowest BCUT2D eigenvalue weighted by Gasteiger charge is -2.28. The molecule has 0 aromatic heterocycles. The van der Waals surface area contributed by atoms with Gasteiger partial charge in [0.1, 0.15) is 0 Å². The molecule has 2 rings (SSSR count). The number of hydrogen-bond acceptors (Lipinski definition) is 2. The van der Waals surface area contributed by atoms with E-state index in [0.29, 0.717) is 4.58 Å². The molecule has 0 aliphatic carbocycles. The van der Waals surface area contributed by atoms with Crippen molar-refractivity contribution in [2.75, 3.05) is 11.5 Å². The summed E-state index contributed by atoms with van der Waals surface area (Å²) >= 11 is 4.20. The Morgan fingerprint density at radius 3 is 2.44 bits per heavy atom. The number of benzene rings is 1. The van der Waals surface area contributed by atoms with Crippen LogP contribution in [0.3, 0.4) is 0 Å². The zero-order valence-electron chi connectivity index (χ0n) is 10.9. The van der Waals surface area contributed by atoms with E-state index < -0.39 is 0 Å². The molecule has 0 spiro atoms. The Labute approximate surface area is 119 Å². The standard InChI is InChI=1S/C16H20S2/c1-3-5-6-14-11-17-16(18-12-14)15-9-7-13(4-2)8-10-15/h2,7-10,14,16H,3,5-6,11-12H2,1H3. The second-order valence-corrected chi connectivity index (χ2v) is 7.35.